The Bertz CT molecular complexity index is 2620. The van der Waals surface area contributed by atoms with Crippen LogP contribution in [0.15, 0.2) is 119 Å². The van der Waals surface area contributed by atoms with E-state index >= 15 is 0 Å². The summed E-state index contributed by atoms with van der Waals surface area (Å²) in [6, 6.07) is 27.2. The normalized spacial score (nSPS) is 11.2. The van der Waals surface area contributed by atoms with Crippen LogP contribution in [0.1, 0.15) is 56.5 Å². The van der Waals surface area contributed by atoms with E-state index in [-0.39, 0.29) is 28.0 Å². The van der Waals surface area contributed by atoms with Crippen LogP contribution < -0.4 is 25.5 Å². The molecule has 2 N–H and O–H groups in total. The molecule has 4 aromatic carbocycles. The summed E-state index contributed by atoms with van der Waals surface area (Å²) in [4.78, 5) is 46.8. The van der Waals surface area contributed by atoms with E-state index in [0.29, 0.717) is 22.6 Å². The van der Waals surface area contributed by atoms with Crippen molar-refractivity contribution in [3.05, 3.63) is 153 Å². The van der Waals surface area contributed by atoms with Crippen molar-refractivity contribution in [2.24, 2.45) is 7.05 Å². The molecule has 12 nitrogen and oxygen atoms in total. The minimum atomic E-state index is -0.708. The van der Waals surface area contributed by atoms with Crippen molar-refractivity contribution in [1.29, 1.82) is 0 Å². The van der Waals surface area contributed by atoms with Gasteiger partial charge in [-0.25, -0.2) is 0 Å². The molecule has 7 rings (SSSR count). The van der Waals surface area contributed by atoms with Crippen LogP contribution in [0.25, 0.3) is 21.9 Å². The number of hydrogen-bond donors (Lipinski definition) is 2. The maximum atomic E-state index is 13.8. The topological polar surface area (TPSA) is 141 Å². The highest BCUT2D eigenvalue weighted by Crippen LogP contribution is 2.34. The number of rotatable bonds is 15. The summed E-state index contributed by atoms with van der Waals surface area (Å²) in [6.45, 7) is 4.48. The SMILES string of the molecule is CCCc1cncc(CN(CCc2ccc(NC(=O)c3cc(OC)c(OC)cc3NC(=O)c3cc(=O)c4ccccc4o3)cc2)Cc2ccc3c(cnn3C)c2)c1. The number of pyridine rings is 1. The molecule has 2 amide bonds. The molecule has 3 aromatic heterocycles. The lowest BCUT2D eigenvalue weighted by molar-refractivity contribution is 0.0997. The molecule has 0 fully saturated rings. The summed E-state index contributed by atoms with van der Waals surface area (Å²) >= 11 is 0. The summed E-state index contributed by atoms with van der Waals surface area (Å²) in [5.74, 6) is -0.809. The van der Waals surface area contributed by atoms with Gasteiger partial charge in [-0.15, -0.1) is 0 Å². The van der Waals surface area contributed by atoms with Crippen molar-refractivity contribution < 1.29 is 23.5 Å². The van der Waals surface area contributed by atoms with E-state index in [0.717, 1.165) is 61.4 Å². The number of anilines is 2. The number of para-hydroxylation sites is 1. The molecule has 3 heterocycles. The highest BCUT2D eigenvalue weighted by molar-refractivity contribution is 6.12. The average Bonchev–Trinajstić information content (AvgIpc) is 3.59. The zero-order chi connectivity index (χ0) is 39.9. The summed E-state index contributed by atoms with van der Waals surface area (Å²) in [7, 11) is 4.86. The van der Waals surface area contributed by atoms with E-state index in [1.807, 2.05) is 54.6 Å². The number of fused-ring (bicyclic) bond motifs is 2. The van der Waals surface area contributed by atoms with E-state index in [4.69, 9.17) is 13.9 Å². The second-order valence-corrected chi connectivity index (χ2v) is 13.9. The maximum Gasteiger partial charge on any atom is 0.291 e. The fourth-order valence-electron chi connectivity index (χ4n) is 6.91. The van der Waals surface area contributed by atoms with Crippen LogP contribution in [0, 0.1) is 0 Å². The minimum Gasteiger partial charge on any atom is -0.493 e. The zero-order valence-electron chi connectivity index (χ0n) is 32.4. The van der Waals surface area contributed by atoms with Crippen molar-refractivity contribution in [1.82, 2.24) is 19.7 Å². The number of amides is 2. The fourth-order valence-corrected chi connectivity index (χ4v) is 6.91. The van der Waals surface area contributed by atoms with Gasteiger partial charge in [0.25, 0.3) is 11.8 Å². The van der Waals surface area contributed by atoms with E-state index in [9.17, 15) is 14.4 Å². The Morgan fingerprint density at radius 1 is 0.772 bits per heavy atom. The summed E-state index contributed by atoms with van der Waals surface area (Å²) in [6.07, 6.45) is 8.63. The number of carbonyl (C=O) groups is 2. The Balaban J connectivity index is 1.06. The second kappa shape index (κ2) is 17.3. The molecule has 0 atom stereocenters. The summed E-state index contributed by atoms with van der Waals surface area (Å²) < 4.78 is 18.5. The standard InChI is InChI=1S/C45H44N6O6/c1-5-8-30-19-32(25-46-24-30)28-51(27-31-13-16-38-33(20-31)26-47-50(38)2)18-17-29-11-14-34(15-12-29)48-44(53)36-21-41(55-3)42(56-4)22-37(36)49-45(54)43-23-39(52)35-9-6-7-10-40(35)57-43/h6-7,9-16,19-26H,5,8,17-18,27-28H2,1-4H3,(H,48,53)(H,49,54). The van der Waals surface area contributed by atoms with E-state index in [1.165, 1.54) is 43.0 Å². The molecule has 0 spiro atoms. The molecule has 12 heteroatoms. The van der Waals surface area contributed by atoms with E-state index in [2.05, 4.69) is 56.8 Å². The van der Waals surface area contributed by atoms with E-state index < -0.39 is 11.8 Å². The molecule has 0 aliphatic rings. The Labute approximate surface area is 330 Å². The smallest absolute Gasteiger partial charge is 0.291 e. The Morgan fingerprint density at radius 3 is 2.30 bits per heavy atom. The van der Waals surface area contributed by atoms with Gasteiger partial charge in [0.15, 0.2) is 22.7 Å². The van der Waals surface area contributed by atoms with Gasteiger partial charge in [-0.3, -0.25) is 28.9 Å². The first-order valence-electron chi connectivity index (χ1n) is 18.8. The van der Waals surface area contributed by atoms with Crippen LogP contribution in [0.4, 0.5) is 11.4 Å². The van der Waals surface area contributed by atoms with Gasteiger partial charge in [0.05, 0.1) is 42.6 Å². The number of aryl methyl sites for hydroxylation is 2. The van der Waals surface area contributed by atoms with Crippen LogP contribution in [-0.2, 0) is 33.0 Å². The molecule has 57 heavy (non-hydrogen) atoms. The first-order valence-corrected chi connectivity index (χ1v) is 18.8. The van der Waals surface area contributed by atoms with Gasteiger partial charge in [0, 0.05) is 62.3 Å². The second-order valence-electron chi connectivity index (χ2n) is 13.9. The van der Waals surface area contributed by atoms with Gasteiger partial charge in [-0.2, -0.15) is 5.10 Å². The Kier molecular flexibility index (Phi) is 11.7. The van der Waals surface area contributed by atoms with Crippen molar-refractivity contribution in [2.45, 2.75) is 39.3 Å². The average molecular weight is 765 g/mol. The number of carbonyl (C=O) groups excluding carboxylic acids is 2. The third kappa shape index (κ3) is 9.03. The minimum absolute atomic E-state index is 0.117. The largest absolute Gasteiger partial charge is 0.493 e. The van der Waals surface area contributed by atoms with Gasteiger partial charge < -0.3 is 24.5 Å². The summed E-state index contributed by atoms with van der Waals surface area (Å²) in [5.41, 5.74) is 6.56. The first kappa shape index (κ1) is 38.5. The molecule has 0 aliphatic heterocycles. The fraction of sp³-hybridized carbons (Fsp3) is 0.222. The van der Waals surface area contributed by atoms with Crippen LogP contribution in [0.2, 0.25) is 0 Å². The van der Waals surface area contributed by atoms with Crippen molar-refractivity contribution in [3.63, 3.8) is 0 Å². The molecule has 0 bridgehead atoms. The quantitative estimate of drug-likeness (QED) is 0.107. The number of methoxy groups -OCH3 is 2. The zero-order valence-corrected chi connectivity index (χ0v) is 32.4. The maximum absolute atomic E-state index is 13.8. The molecule has 0 saturated carbocycles. The van der Waals surface area contributed by atoms with Crippen LogP contribution in [0.3, 0.4) is 0 Å². The molecule has 0 unspecified atom stereocenters. The van der Waals surface area contributed by atoms with Crippen LogP contribution >= 0.6 is 0 Å². The predicted molar refractivity (Wildman–Crippen MR) is 221 cm³/mol. The van der Waals surface area contributed by atoms with Crippen molar-refractivity contribution in [2.75, 3.05) is 31.4 Å². The summed E-state index contributed by atoms with van der Waals surface area (Å²) in [5, 5.41) is 11.5. The molecule has 0 aliphatic carbocycles. The van der Waals surface area contributed by atoms with Gasteiger partial charge in [-0.05, 0) is 77.6 Å². The third-order valence-electron chi connectivity index (χ3n) is 9.82. The lowest BCUT2D eigenvalue weighted by Gasteiger charge is -2.23. The number of hydrogen-bond acceptors (Lipinski definition) is 9. The van der Waals surface area contributed by atoms with Gasteiger partial charge >= 0.3 is 0 Å². The number of benzene rings is 4. The molecule has 0 radical (unpaired) electrons. The Morgan fingerprint density at radius 2 is 1.51 bits per heavy atom. The number of aromatic nitrogens is 3. The van der Waals surface area contributed by atoms with Gasteiger partial charge in [0.2, 0.25) is 0 Å². The predicted octanol–water partition coefficient (Wildman–Crippen LogP) is 7.79. The number of nitrogens with zero attached hydrogens (tertiary/aromatic N) is 4. The Hall–Kier alpha value is -6.79. The number of ether oxygens (including phenoxy) is 2. The third-order valence-corrected chi connectivity index (χ3v) is 9.82. The molecular weight excluding hydrogens is 721 g/mol. The van der Waals surface area contributed by atoms with Crippen LogP contribution in [0.5, 0.6) is 11.5 Å². The molecular formula is C45H44N6O6. The highest BCUT2D eigenvalue weighted by Gasteiger charge is 2.21. The lowest BCUT2D eigenvalue weighted by atomic mass is 10.1. The molecule has 7 aromatic rings. The molecule has 290 valence electrons. The van der Waals surface area contributed by atoms with Crippen molar-refractivity contribution in [3.8, 4) is 11.5 Å². The molecule has 0 saturated heterocycles. The van der Waals surface area contributed by atoms with Crippen molar-refractivity contribution >= 4 is 45.1 Å². The van der Waals surface area contributed by atoms with E-state index in [1.54, 1.807) is 24.3 Å². The number of nitrogens with one attached hydrogen (secondary N) is 2. The first-order chi connectivity index (χ1) is 27.7. The highest BCUT2D eigenvalue weighted by atomic mass is 16.5. The van der Waals surface area contributed by atoms with Gasteiger partial charge in [-0.1, -0.05) is 49.7 Å². The lowest BCUT2D eigenvalue weighted by Crippen LogP contribution is -2.25. The monoisotopic (exact) mass is 764 g/mol. The van der Waals surface area contributed by atoms with Gasteiger partial charge in [0.1, 0.15) is 5.58 Å². The van der Waals surface area contributed by atoms with Crippen LogP contribution in [-0.4, -0.2) is 52.2 Å².